The Kier molecular flexibility index (Phi) is 6.01. The molecule has 0 bridgehead atoms. The number of benzene rings is 2. The molecule has 1 atom stereocenters. The maximum atomic E-state index is 3.56. The van der Waals surface area contributed by atoms with E-state index < -0.39 is 0 Å². The van der Waals surface area contributed by atoms with Crippen LogP contribution >= 0.6 is 8.46 Å². The number of hydrogen-bond acceptors (Lipinski definition) is 2. The van der Waals surface area contributed by atoms with Crippen molar-refractivity contribution in [2.75, 3.05) is 11.3 Å². The molecule has 4 heteroatoms. The highest BCUT2D eigenvalue weighted by atomic mass is 31.1. The Balaban J connectivity index is 1.72. The highest BCUT2D eigenvalue weighted by Gasteiger charge is 2.32. The minimum atomic E-state index is 0.243. The Morgan fingerprint density at radius 2 is 1.59 bits per heavy atom. The van der Waals surface area contributed by atoms with Crippen LogP contribution < -0.4 is 10.2 Å². The average Bonchev–Trinajstić information content (AvgIpc) is 3.01. The first kappa shape index (κ1) is 20.0. The summed E-state index contributed by atoms with van der Waals surface area (Å²) in [7, 11) is 0.792. The van der Waals surface area contributed by atoms with E-state index in [1.165, 1.54) is 27.7 Å². The van der Waals surface area contributed by atoms with Crippen LogP contribution in [-0.4, -0.2) is 17.8 Å². The smallest absolute Gasteiger partial charge is 0.212 e. The number of rotatable bonds is 5. The van der Waals surface area contributed by atoms with Crippen LogP contribution in [0.25, 0.3) is 0 Å². The molecule has 2 nitrogen and oxygen atoms in total. The van der Waals surface area contributed by atoms with Crippen molar-refractivity contribution in [2.24, 2.45) is 0 Å². The SMILES string of the molecule is Cc1cc(C)c(N2[C]N(CB(Pc3ccccc3)C(C)(C)C)C=C2)c(C)c1. The van der Waals surface area contributed by atoms with Crippen LogP contribution in [0.15, 0.2) is 54.9 Å². The van der Waals surface area contributed by atoms with Gasteiger partial charge in [-0.25, -0.2) is 0 Å². The third kappa shape index (κ3) is 4.96. The van der Waals surface area contributed by atoms with Gasteiger partial charge < -0.3 is 9.80 Å². The summed E-state index contributed by atoms with van der Waals surface area (Å²) in [6, 6.07) is 15.4. The molecule has 0 spiro atoms. The quantitative estimate of drug-likeness (QED) is 0.500. The number of nitrogens with zero attached hydrogens (tertiary/aromatic N) is 2. The van der Waals surface area contributed by atoms with Gasteiger partial charge >= 0.3 is 0 Å². The average molecular weight is 376 g/mol. The van der Waals surface area contributed by atoms with E-state index in [4.69, 9.17) is 0 Å². The second kappa shape index (κ2) is 8.11. The second-order valence-corrected chi connectivity index (χ2v) is 10.2. The molecule has 2 radical (unpaired) electrons. The Morgan fingerprint density at radius 3 is 2.19 bits per heavy atom. The van der Waals surface area contributed by atoms with Crippen molar-refractivity contribution in [1.82, 2.24) is 4.90 Å². The van der Waals surface area contributed by atoms with Crippen LogP contribution in [0, 0.1) is 27.4 Å². The van der Waals surface area contributed by atoms with E-state index >= 15 is 0 Å². The summed E-state index contributed by atoms with van der Waals surface area (Å²) in [4.78, 5) is 4.38. The molecular formula is C23H30BN2P. The zero-order valence-corrected chi connectivity index (χ0v) is 18.4. The largest absolute Gasteiger partial charge is 0.353 e. The first-order valence-electron chi connectivity index (χ1n) is 9.64. The molecule has 0 amide bonds. The number of aryl methyl sites for hydroxylation is 3. The van der Waals surface area contributed by atoms with E-state index in [9.17, 15) is 0 Å². The highest BCUT2D eigenvalue weighted by molar-refractivity contribution is 7.82. The summed E-state index contributed by atoms with van der Waals surface area (Å²) >= 11 is 0. The molecule has 0 saturated heterocycles. The van der Waals surface area contributed by atoms with Crippen LogP contribution in [-0.2, 0) is 0 Å². The molecule has 3 rings (SSSR count). The third-order valence-electron chi connectivity index (χ3n) is 5.05. The van der Waals surface area contributed by atoms with Crippen LogP contribution in [0.4, 0.5) is 5.69 Å². The summed E-state index contributed by atoms with van der Waals surface area (Å²) in [6.07, 6.45) is 5.84. The van der Waals surface area contributed by atoms with Crippen molar-refractivity contribution in [3.05, 3.63) is 78.2 Å². The maximum absolute atomic E-state index is 3.56. The van der Waals surface area contributed by atoms with Crippen LogP contribution in [0.3, 0.4) is 0 Å². The lowest BCUT2D eigenvalue weighted by Crippen LogP contribution is -2.36. The van der Waals surface area contributed by atoms with Crippen molar-refractivity contribution in [1.29, 1.82) is 0 Å². The molecule has 27 heavy (non-hydrogen) atoms. The van der Waals surface area contributed by atoms with Gasteiger partial charge in [0.15, 0.2) is 6.43 Å². The van der Waals surface area contributed by atoms with Gasteiger partial charge in [0, 0.05) is 24.5 Å². The van der Waals surface area contributed by atoms with E-state index in [-0.39, 0.29) is 5.31 Å². The van der Waals surface area contributed by atoms with Crippen molar-refractivity contribution in [3.63, 3.8) is 0 Å². The fourth-order valence-electron chi connectivity index (χ4n) is 3.60. The summed E-state index contributed by atoms with van der Waals surface area (Å²) in [5.74, 6) is 0. The Hall–Kier alpha value is -1.73. The molecule has 2 aromatic carbocycles. The van der Waals surface area contributed by atoms with Crippen LogP contribution in [0.2, 0.25) is 5.31 Å². The van der Waals surface area contributed by atoms with Gasteiger partial charge in [-0.05, 0) is 37.2 Å². The van der Waals surface area contributed by atoms with E-state index in [1.54, 1.807) is 0 Å². The zero-order valence-electron chi connectivity index (χ0n) is 17.4. The molecular weight excluding hydrogens is 346 g/mol. The van der Waals surface area contributed by atoms with Gasteiger partial charge in [0.05, 0.1) is 0 Å². The van der Waals surface area contributed by atoms with Crippen molar-refractivity contribution >= 4 is 25.9 Å². The van der Waals surface area contributed by atoms with Gasteiger partial charge in [-0.2, -0.15) is 0 Å². The molecule has 0 N–H and O–H groups in total. The van der Waals surface area contributed by atoms with Gasteiger partial charge in [0.1, 0.15) is 0 Å². The van der Waals surface area contributed by atoms with Crippen molar-refractivity contribution < 1.29 is 0 Å². The van der Waals surface area contributed by atoms with Gasteiger partial charge in [-0.15, -0.1) is 8.46 Å². The normalized spacial score (nSPS) is 14.6. The predicted molar refractivity (Wildman–Crippen MR) is 122 cm³/mol. The molecule has 1 aliphatic rings. The first-order valence-corrected chi connectivity index (χ1v) is 10.7. The van der Waals surface area contributed by atoms with Gasteiger partial charge in [0.25, 0.3) is 0 Å². The van der Waals surface area contributed by atoms with Gasteiger partial charge in [0.2, 0.25) is 6.67 Å². The lowest BCUT2D eigenvalue weighted by Gasteiger charge is -2.31. The van der Waals surface area contributed by atoms with E-state index in [2.05, 4.69) is 113 Å². The predicted octanol–water partition coefficient (Wildman–Crippen LogP) is 5.54. The van der Waals surface area contributed by atoms with E-state index in [1.807, 2.05) is 0 Å². The fraction of sp³-hybridized carbons (Fsp3) is 0.348. The van der Waals surface area contributed by atoms with Crippen LogP contribution in [0.5, 0.6) is 0 Å². The van der Waals surface area contributed by atoms with E-state index in [0.29, 0.717) is 6.43 Å². The molecule has 0 aliphatic carbocycles. The molecule has 0 aromatic heterocycles. The summed E-state index contributed by atoms with van der Waals surface area (Å²) in [6.45, 7) is 17.1. The van der Waals surface area contributed by atoms with Crippen molar-refractivity contribution in [2.45, 2.75) is 46.9 Å². The summed E-state index contributed by atoms with van der Waals surface area (Å²) < 4.78 is 0. The van der Waals surface area contributed by atoms with E-state index in [0.717, 1.165) is 14.9 Å². The highest BCUT2D eigenvalue weighted by Crippen LogP contribution is 2.38. The number of anilines is 1. The molecule has 0 saturated carbocycles. The molecule has 140 valence electrons. The standard InChI is InChI=1S/C23H30BN2P/c1-18-14-19(2)22(20(3)15-18)26-13-12-25(17-26)16-24(23(4,5)6)27-21-10-8-7-9-11-21/h7-15,27H,16H2,1-6H3. The molecule has 1 aliphatic heterocycles. The summed E-state index contributed by atoms with van der Waals surface area (Å²) in [5.41, 5.74) is 5.15. The molecule has 1 heterocycles. The summed E-state index contributed by atoms with van der Waals surface area (Å²) in [5, 5.41) is 1.68. The Morgan fingerprint density at radius 1 is 0.963 bits per heavy atom. The molecule has 2 aromatic rings. The number of hydrogen-bond donors (Lipinski definition) is 0. The second-order valence-electron chi connectivity index (χ2n) is 8.60. The maximum Gasteiger partial charge on any atom is 0.212 e. The fourth-order valence-corrected chi connectivity index (χ4v) is 5.11. The minimum Gasteiger partial charge on any atom is -0.353 e. The lowest BCUT2D eigenvalue weighted by atomic mass is 9.53. The minimum absolute atomic E-state index is 0.243. The molecule has 0 fully saturated rings. The monoisotopic (exact) mass is 376 g/mol. The van der Waals surface area contributed by atoms with Gasteiger partial charge in [-0.3, -0.25) is 0 Å². The topological polar surface area (TPSA) is 6.48 Å². The molecule has 1 unspecified atom stereocenters. The first-order chi connectivity index (χ1) is 12.7. The third-order valence-corrected chi connectivity index (χ3v) is 7.11. The van der Waals surface area contributed by atoms with Gasteiger partial charge in [-0.1, -0.05) is 74.1 Å². The zero-order chi connectivity index (χ0) is 19.6. The van der Waals surface area contributed by atoms with Crippen LogP contribution in [0.1, 0.15) is 37.5 Å². The Labute approximate surface area is 167 Å². The van der Waals surface area contributed by atoms with Crippen molar-refractivity contribution in [3.8, 4) is 0 Å². The Bertz CT molecular complexity index is 788. The lowest BCUT2D eigenvalue weighted by molar-refractivity contribution is 0.533.